The monoisotopic (exact) mass is 324 g/mol. The molecule has 0 N–H and O–H groups in total. The van der Waals surface area contributed by atoms with Gasteiger partial charge in [0.1, 0.15) is 11.9 Å². The van der Waals surface area contributed by atoms with E-state index in [2.05, 4.69) is 0 Å². The number of halogens is 3. The first-order valence-corrected chi connectivity index (χ1v) is 7.59. The molecule has 2 nitrogen and oxygen atoms in total. The number of ketones is 1. The van der Waals surface area contributed by atoms with E-state index < -0.39 is 23.5 Å². The second kappa shape index (κ2) is 7.02. The Morgan fingerprint density at radius 3 is 2.39 bits per heavy atom. The van der Waals surface area contributed by atoms with Crippen LogP contribution in [0.5, 0.6) is 0 Å². The van der Waals surface area contributed by atoms with Crippen molar-refractivity contribution in [3.63, 3.8) is 0 Å². The summed E-state index contributed by atoms with van der Waals surface area (Å²) in [6.07, 6.45) is -1.86. The third-order valence-electron chi connectivity index (χ3n) is 3.78. The van der Waals surface area contributed by atoms with Crippen LogP contribution in [0.4, 0.5) is 13.2 Å². The number of carbonyl (C=O) groups is 1. The van der Waals surface area contributed by atoms with E-state index in [0.29, 0.717) is 12.5 Å². The molecule has 124 valence electrons. The van der Waals surface area contributed by atoms with E-state index in [1.165, 1.54) is 0 Å². The summed E-state index contributed by atoms with van der Waals surface area (Å²) >= 11 is 0. The number of hydrogen-bond donors (Lipinski definition) is 0. The van der Waals surface area contributed by atoms with Crippen molar-refractivity contribution in [2.24, 2.45) is 5.92 Å². The molecule has 2 rings (SSSR count). The quantitative estimate of drug-likeness (QED) is 0.750. The van der Waals surface area contributed by atoms with Crippen LogP contribution < -0.4 is 0 Å². The number of benzene rings is 1. The molecule has 0 aromatic heterocycles. The fourth-order valence-corrected chi connectivity index (χ4v) is 2.43. The summed E-state index contributed by atoms with van der Waals surface area (Å²) in [6, 6.07) is 9.31. The molecular weight excluding hydrogens is 305 g/mol. The highest BCUT2D eigenvalue weighted by molar-refractivity contribution is 5.95. The molecule has 0 heterocycles. The van der Waals surface area contributed by atoms with Crippen molar-refractivity contribution in [3.05, 3.63) is 59.4 Å². The second-order valence-electron chi connectivity index (χ2n) is 5.57. The highest BCUT2D eigenvalue weighted by Crippen LogP contribution is 2.36. The first-order chi connectivity index (χ1) is 10.8. The maximum Gasteiger partial charge on any atom is 0.416 e. The maximum absolute atomic E-state index is 12.9. The molecule has 1 aromatic carbocycles. The molecular formula is C18H19F3O2. The molecule has 0 amide bonds. The van der Waals surface area contributed by atoms with E-state index >= 15 is 0 Å². The first-order valence-electron chi connectivity index (χ1n) is 7.59. The van der Waals surface area contributed by atoms with Crippen LogP contribution >= 0.6 is 0 Å². The van der Waals surface area contributed by atoms with Crippen LogP contribution in [-0.2, 0) is 9.53 Å². The van der Waals surface area contributed by atoms with Gasteiger partial charge in [-0.15, -0.1) is 0 Å². The van der Waals surface area contributed by atoms with Gasteiger partial charge in [0.15, 0.2) is 5.78 Å². The van der Waals surface area contributed by atoms with Crippen LogP contribution in [0.25, 0.3) is 0 Å². The van der Waals surface area contributed by atoms with Gasteiger partial charge in [0.2, 0.25) is 0 Å². The van der Waals surface area contributed by atoms with Gasteiger partial charge in [-0.3, -0.25) is 4.79 Å². The molecule has 0 fully saturated rings. The van der Waals surface area contributed by atoms with Gasteiger partial charge in [-0.05, 0) is 31.1 Å². The number of rotatable bonds is 5. The van der Waals surface area contributed by atoms with Crippen LogP contribution in [0, 0.1) is 5.92 Å². The lowest BCUT2D eigenvalue weighted by atomic mass is 9.94. The van der Waals surface area contributed by atoms with Crippen LogP contribution in [0.1, 0.15) is 38.4 Å². The zero-order valence-electron chi connectivity index (χ0n) is 13.1. The summed E-state index contributed by atoms with van der Waals surface area (Å²) in [4.78, 5) is 11.8. The highest BCUT2D eigenvalue weighted by atomic mass is 19.4. The zero-order valence-corrected chi connectivity index (χ0v) is 13.1. The number of alkyl halides is 3. The number of carbonyl (C=O) groups excluding carboxylic acids is 1. The van der Waals surface area contributed by atoms with E-state index in [4.69, 9.17) is 4.74 Å². The molecule has 0 aliphatic heterocycles. The molecule has 0 radical (unpaired) electrons. The molecule has 0 spiro atoms. The molecule has 5 heteroatoms. The van der Waals surface area contributed by atoms with Crippen LogP contribution in [-0.4, -0.2) is 12.0 Å². The Balaban J connectivity index is 2.29. The van der Waals surface area contributed by atoms with Gasteiger partial charge >= 0.3 is 6.18 Å². The predicted octanol–water partition coefficient (Wildman–Crippen LogP) is 5.14. The summed E-state index contributed by atoms with van der Waals surface area (Å²) in [5, 5.41) is 0. The van der Waals surface area contributed by atoms with E-state index in [-0.39, 0.29) is 11.9 Å². The molecule has 0 saturated heterocycles. The first kappa shape index (κ1) is 17.3. The minimum Gasteiger partial charge on any atom is -0.489 e. The minimum atomic E-state index is -4.56. The minimum absolute atomic E-state index is 0.0760. The van der Waals surface area contributed by atoms with E-state index in [0.717, 1.165) is 18.1 Å². The smallest absolute Gasteiger partial charge is 0.416 e. The van der Waals surface area contributed by atoms with Crippen molar-refractivity contribution in [1.82, 2.24) is 0 Å². The Bertz CT molecular complexity index is 615. The van der Waals surface area contributed by atoms with Crippen LogP contribution in [0.15, 0.2) is 53.8 Å². The normalized spacial score (nSPS) is 19.9. The molecule has 1 aromatic rings. The van der Waals surface area contributed by atoms with Gasteiger partial charge < -0.3 is 4.74 Å². The molecule has 23 heavy (non-hydrogen) atoms. The molecule has 1 aliphatic carbocycles. The van der Waals surface area contributed by atoms with Crippen molar-refractivity contribution < 1.29 is 22.7 Å². The summed E-state index contributed by atoms with van der Waals surface area (Å²) in [5.74, 6) is -1.21. The van der Waals surface area contributed by atoms with Gasteiger partial charge in [0, 0.05) is 0 Å². The van der Waals surface area contributed by atoms with E-state index in [1.807, 2.05) is 37.3 Å². The Labute approximate surface area is 133 Å². The predicted molar refractivity (Wildman–Crippen MR) is 81.6 cm³/mol. The third kappa shape index (κ3) is 4.24. The average molecular weight is 324 g/mol. The summed E-state index contributed by atoms with van der Waals surface area (Å²) in [5.41, 5.74) is -0.0723. The number of hydrogen-bond acceptors (Lipinski definition) is 2. The maximum atomic E-state index is 12.9. The summed E-state index contributed by atoms with van der Waals surface area (Å²) in [7, 11) is 0. The van der Waals surface area contributed by atoms with Crippen molar-refractivity contribution in [1.29, 1.82) is 0 Å². The fourth-order valence-electron chi connectivity index (χ4n) is 2.43. The second-order valence-corrected chi connectivity index (χ2v) is 5.57. The number of allylic oxidation sites excluding steroid dienone is 4. The lowest BCUT2D eigenvalue weighted by Crippen LogP contribution is -2.23. The van der Waals surface area contributed by atoms with Gasteiger partial charge in [-0.25, -0.2) is 0 Å². The Kier molecular flexibility index (Phi) is 5.29. The SMILES string of the molecule is CCCC(OC1=CC(C(F)(F)F)=CC(=O)C1C)c1ccccc1. The summed E-state index contributed by atoms with van der Waals surface area (Å²) < 4.78 is 44.5. The van der Waals surface area contributed by atoms with Crippen molar-refractivity contribution in [2.75, 3.05) is 0 Å². The highest BCUT2D eigenvalue weighted by Gasteiger charge is 2.37. The third-order valence-corrected chi connectivity index (χ3v) is 3.78. The van der Waals surface area contributed by atoms with Gasteiger partial charge in [0.25, 0.3) is 0 Å². The van der Waals surface area contributed by atoms with Crippen molar-refractivity contribution in [2.45, 2.75) is 39.0 Å². The number of ether oxygens (including phenoxy) is 1. The molecule has 2 unspecified atom stereocenters. The molecule has 1 aliphatic rings. The standard InChI is InChI=1S/C18H19F3O2/c1-3-7-16(13-8-5-4-6-9-13)23-17-11-14(18(19,20)21)10-15(22)12(17)2/h4-6,8-12,16H,3,7H2,1-2H3. The Morgan fingerprint density at radius 2 is 1.83 bits per heavy atom. The Morgan fingerprint density at radius 1 is 1.17 bits per heavy atom. The largest absolute Gasteiger partial charge is 0.489 e. The zero-order chi connectivity index (χ0) is 17.0. The van der Waals surface area contributed by atoms with E-state index in [9.17, 15) is 18.0 Å². The topological polar surface area (TPSA) is 26.3 Å². The van der Waals surface area contributed by atoms with Gasteiger partial charge in [0.05, 0.1) is 11.5 Å². The van der Waals surface area contributed by atoms with Crippen LogP contribution in [0.3, 0.4) is 0 Å². The Hall–Kier alpha value is -2.04. The molecule has 0 bridgehead atoms. The van der Waals surface area contributed by atoms with E-state index in [1.54, 1.807) is 6.92 Å². The van der Waals surface area contributed by atoms with Gasteiger partial charge in [-0.1, -0.05) is 43.7 Å². The van der Waals surface area contributed by atoms with Crippen molar-refractivity contribution in [3.8, 4) is 0 Å². The van der Waals surface area contributed by atoms with Crippen molar-refractivity contribution >= 4 is 5.78 Å². The molecule has 2 atom stereocenters. The summed E-state index contributed by atoms with van der Waals surface area (Å²) in [6.45, 7) is 3.54. The molecule has 0 saturated carbocycles. The van der Waals surface area contributed by atoms with Crippen LogP contribution in [0.2, 0.25) is 0 Å². The van der Waals surface area contributed by atoms with Gasteiger partial charge in [-0.2, -0.15) is 13.2 Å². The average Bonchev–Trinajstić information content (AvgIpc) is 2.50. The lowest BCUT2D eigenvalue weighted by Gasteiger charge is -2.26. The lowest BCUT2D eigenvalue weighted by molar-refractivity contribution is -0.120. The fraction of sp³-hybridized carbons (Fsp3) is 0.389.